The maximum absolute atomic E-state index is 5.72. The Kier molecular flexibility index (Phi) is 2.58. The van der Waals surface area contributed by atoms with Crippen LogP contribution in [0.3, 0.4) is 0 Å². The van der Waals surface area contributed by atoms with E-state index in [9.17, 15) is 0 Å². The molecule has 0 spiro atoms. The van der Waals surface area contributed by atoms with Crippen molar-refractivity contribution in [3.63, 3.8) is 0 Å². The quantitative estimate of drug-likeness (QED) is 0.750. The van der Waals surface area contributed by atoms with Gasteiger partial charge in [-0.2, -0.15) is 0 Å². The Balaban J connectivity index is 2.02. The summed E-state index contributed by atoms with van der Waals surface area (Å²) in [6, 6.07) is 7.67. The van der Waals surface area contributed by atoms with Gasteiger partial charge in [0.15, 0.2) is 5.76 Å². The average molecular weight is 203 g/mol. The first-order valence-corrected chi connectivity index (χ1v) is 4.75. The molecule has 0 aliphatic carbocycles. The maximum Gasteiger partial charge on any atom is 0.155 e. The van der Waals surface area contributed by atoms with Gasteiger partial charge >= 0.3 is 0 Å². The van der Waals surface area contributed by atoms with Crippen molar-refractivity contribution in [3.8, 4) is 0 Å². The third kappa shape index (κ3) is 2.28. The average Bonchev–Trinajstić information content (AvgIpc) is 2.73. The number of hydrogen-bond acceptors (Lipinski definition) is 4. The molecular formula is C11H13N3O. The molecule has 78 valence electrons. The van der Waals surface area contributed by atoms with Gasteiger partial charge in [-0.05, 0) is 30.7 Å². The van der Waals surface area contributed by atoms with E-state index in [2.05, 4.69) is 10.5 Å². The molecule has 0 aliphatic rings. The molecule has 0 atom stereocenters. The van der Waals surface area contributed by atoms with Crippen molar-refractivity contribution in [1.82, 2.24) is 5.16 Å². The molecule has 0 saturated heterocycles. The van der Waals surface area contributed by atoms with E-state index >= 15 is 0 Å². The van der Waals surface area contributed by atoms with Crippen LogP contribution in [0.4, 0.5) is 11.4 Å². The summed E-state index contributed by atoms with van der Waals surface area (Å²) in [5, 5.41) is 6.86. The van der Waals surface area contributed by atoms with Crippen molar-refractivity contribution in [2.45, 2.75) is 13.5 Å². The Hall–Kier alpha value is -1.97. The molecule has 4 nitrogen and oxygen atoms in total. The second-order valence-electron chi connectivity index (χ2n) is 3.40. The molecule has 0 bridgehead atoms. The van der Waals surface area contributed by atoms with E-state index in [-0.39, 0.29) is 0 Å². The first-order chi connectivity index (χ1) is 7.25. The molecule has 0 unspecified atom stereocenters. The number of benzene rings is 1. The van der Waals surface area contributed by atoms with Crippen LogP contribution in [0.25, 0.3) is 0 Å². The van der Waals surface area contributed by atoms with E-state index in [4.69, 9.17) is 10.3 Å². The highest BCUT2D eigenvalue weighted by molar-refractivity contribution is 5.56. The Morgan fingerprint density at radius 1 is 1.40 bits per heavy atom. The molecule has 4 heteroatoms. The van der Waals surface area contributed by atoms with Crippen LogP contribution in [-0.2, 0) is 6.54 Å². The summed E-state index contributed by atoms with van der Waals surface area (Å²) in [4.78, 5) is 0. The summed E-state index contributed by atoms with van der Waals surface area (Å²) >= 11 is 0. The summed E-state index contributed by atoms with van der Waals surface area (Å²) in [6.45, 7) is 2.61. The highest BCUT2D eigenvalue weighted by atomic mass is 16.5. The van der Waals surface area contributed by atoms with Gasteiger partial charge in [0.25, 0.3) is 0 Å². The number of rotatable bonds is 3. The molecule has 1 aromatic heterocycles. The number of nitrogen functional groups attached to an aromatic ring is 1. The zero-order chi connectivity index (χ0) is 10.7. The predicted octanol–water partition coefficient (Wildman–Crippen LogP) is 2.18. The second kappa shape index (κ2) is 4.04. The van der Waals surface area contributed by atoms with Crippen LogP contribution in [0.1, 0.15) is 11.3 Å². The lowest BCUT2D eigenvalue weighted by atomic mass is 10.2. The highest BCUT2D eigenvalue weighted by Crippen LogP contribution is 2.17. The predicted molar refractivity (Wildman–Crippen MR) is 59.4 cm³/mol. The van der Waals surface area contributed by atoms with Crippen molar-refractivity contribution in [2.75, 3.05) is 11.1 Å². The van der Waals surface area contributed by atoms with Crippen LogP contribution < -0.4 is 11.1 Å². The molecule has 2 aromatic rings. The zero-order valence-electron chi connectivity index (χ0n) is 8.53. The third-order valence-electron chi connectivity index (χ3n) is 2.23. The maximum atomic E-state index is 5.72. The van der Waals surface area contributed by atoms with E-state index < -0.39 is 0 Å². The van der Waals surface area contributed by atoms with Gasteiger partial charge in [-0.1, -0.05) is 5.16 Å². The zero-order valence-corrected chi connectivity index (χ0v) is 8.53. The first kappa shape index (κ1) is 9.58. The Morgan fingerprint density at radius 2 is 2.27 bits per heavy atom. The monoisotopic (exact) mass is 203 g/mol. The van der Waals surface area contributed by atoms with Gasteiger partial charge in [-0.25, -0.2) is 0 Å². The largest absolute Gasteiger partial charge is 0.399 e. The molecule has 0 aliphatic heterocycles. The van der Waals surface area contributed by atoms with Crippen LogP contribution in [0.5, 0.6) is 0 Å². The molecule has 1 heterocycles. The minimum atomic E-state index is 0.628. The van der Waals surface area contributed by atoms with E-state index in [1.807, 2.05) is 31.2 Å². The van der Waals surface area contributed by atoms with Gasteiger partial charge in [0.2, 0.25) is 0 Å². The lowest BCUT2D eigenvalue weighted by Gasteiger charge is -2.06. The summed E-state index contributed by atoms with van der Waals surface area (Å²) < 4.78 is 4.97. The fourth-order valence-electron chi connectivity index (χ4n) is 1.31. The Morgan fingerprint density at radius 3 is 2.93 bits per heavy atom. The first-order valence-electron chi connectivity index (χ1n) is 4.75. The van der Waals surface area contributed by atoms with Crippen LogP contribution in [-0.4, -0.2) is 5.16 Å². The van der Waals surface area contributed by atoms with Crippen LogP contribution in [0, 0.1) is 6.92 Å². The van der Waals surface area contributed by atoms with Gasteiger partial charge < -0.3 is 15.6 Å². The number of nitrogens with zero attached hydrogens (tertiary/aromatic N) is 1. The third-order valence-corrected chi connectivity index (χ3v) is 2.23. The molecule has 15 heavy (non-hydrogen) atoms. The summed E-state index contributed by atoms with van der Waals surface area (Å²) in [5.41, 5.74) is 8.62. The second-order valence-corrected chi connectivity index (χ2v) is 3.40. The van der Waals surface area contributed by atoms with E-state index in [1.54, 1.807) is 6.20 Å². The van der Waals surface area contributed by atoms with Crippen molar-refractivity contribution in [2.24, 2.45) is 0 Å². The highest BCUT2D eigenvalue weighted by Gasteiger charge is 1.98. The fourth-order valence-corrected chi connectivity index (χ4v) is 1.31. The van der Waals surface area contributed by atoms with Crippen molar-refractivity contribution >= 4 is 11.4 Å². The summed E-state index contributed by atoms with van der Waals surface area (Å²) in [5.74, 6) is 0.810. The number of nitrogens with one attached hydrogen (secondary N) is 1. The van der Waals surface area contributed by atoms with Crippen LogP contribution in [0.2, 0.25) is 0 Å². The molecule has 2 rings (SSSR count). The van der Waals surface area contributed by atoms with Crippen molar-refractivity contribution in [1.29, 1.82) is 0 Å². The van der Waals surface area contributed by atoms with Gasteiger partial charge in [0.1, 0.15) is 0 Å². The molecule has 0 amide bonds. The lowest BCUT2D eigenvalue weighted by molar-refractivity contribution is 0.388. The van der Waals surface area contributed by atoms with E-state index in [0.717, 1.165) is 22.7 Å². The fraction of sp³-hybridized carbons (Fsp3) is 0.182. The smallest absolute Gasteiger partial charge is 0.155 e. The lowest BCUT2D eigenvalue weighted by Crippen LogP contribution is -1.99. The Bertz CT molecular complexity index is 437. The molecule has 0 saturated carbocycles. The topological polar surface area (TPSA) is 64.1 Å². The molecule has 0 fully saturated rings. The standard InChI is InChI=1S/C11H13N3O/c1-8-6-9(2-3-11(8)12)13-7-10-4-5-14-15-10/h2-6,13H,7,12H2,1H3. The number of aryl methyl sites for hydroxylation is 1. The van der Waals surface area contributed by atoms with Gasteiger partial charge in [-0.3, -0.25) is 0 Å². The SMILES string of the molecule is Cc1cc(NCc2ccno2)ccc1N. The summed E-state index contributed by atoms with van der Waals surface area (Å²) in [6.07, 6.45) is 1.63. The van der Waals surface area contributed by atoms with Crippen molar-refractivity contribution < 1.29 is 4.52 Å². The molecular weight excluding hydrogens is 190 g/mol. The number of nitrogens with two attached hydrogens (primary N) is 1. The van der Waals surface area contributed by atoms with Gasteiger partial charge in [0.05, 0.1) is 12.7 Å². The molecule has 3 N–H and O–H groups in total. The molecule has 0 radical (unpaired) electrons. The van der Waals surface area contributed by atoms with E-state index in [0.29, 0.717) is 6.54 Å². The normalized spacial score (nSPS) is 10.2. The Labute approximate surface area is 88.1 Å². The minimum absolute atomic E-state index is 0.628. The molecule has 1 aromatic carbocycles. The number of anilines is 2. The van der Waals surface area contributed by atoms with Crippen LogP contribution >= 0.6 is 0 Å². The van der Waals surface area contributed by atoms with Gasteiger partial charge in [-0.15, -0.1) is 0 Å². The minimum Gasteiger partial charge on any atom is -0.399 e. The van der Waals surface area contributed by atoms with Crippen LogP contribution in [0.15, 0.2) is 35.0 Å². The number of aromatic nitrogens is 1. The summed E-state index contributed by atoms with van der Waals surface area (Å²) in [7, 11) is 0. The van der Waals surface area contributed by atoms with E-state index in [1.165, 1.54) is 0 Å². The van der Waals surface area contributed by atoms with Gasteiger partial charge in [0, 0.05) is 17.4 Å². The number of hydrogen-bond donors (Lipinski definition) is 2. The van der Waals surface area contributed by atoms with Crippen molar-refractivity contribution in [3.05, 3.63) is 41.8 Å².